The molecule has 19 heavy (non-hydrogen) atoms. The molecule has 1 aliphatic rings. The minimum absolute atomic E-state index is 0.00157. The summed E-state index contributed by atoms with van der Waals surface area (Å²) in [5.41, 5.74) is 0.577. The number of ether oxygens (including phenoxy) is 2. The van der Waals surface area contributed by atoms with E-state index in [1.54, 1.807) is 18.3 Å². The minimum Gasteiger partial charge on any atom is -0.473 e. The summed E-state index contributed by atoms with van der Waals surface area (Å²) < 4.78 is 10.8. The van der Waals surface area contributed by atoms with Gasteiger partial charge in [0.1, 0.15) is 11.7 Å². The van der Waals surface area contributed by atoms with Crippen molar-refractivity contribution in [3.63, 3.8) is 0 Å². The van der Waals surface area contributed by atoms with E-state index >= 15 is 0 Å². The highest BCUT2D eigenvalue weighted by Crippen LogP contribution is 2.21. The lowest BCUT2D eigenvalue weighted by molar-refractivity contribution is -0.120. The van der Waals surface area contributed by atoms with Crippen LogP contribution in [0.2, 0.25) is 0 Å². The maximum atomic E-state index is 12.1. The van der Waals surface area contributed by atoms with Crippen LogP contribution in [0.5, 0.6) is 5.88 Å². The van der Waals surface area contributed by atoms with Crippen LogP contribution in [0.15, 0.2) is 18.3 Å². The van der Waals surface area contributed by atoms with E-state index in [0.29, 0.717) is 31.3 Å². The molecule has 1 unspecified atom stereocenters. The van der Waals surface area contributed by atoms with Crippen molar-refractivity contribution in [1.29, 1.82) is 0 Å². The third-order valence-electron chi connectivity index (χ3n) is 2.61. The first kappa shape index (κ1) is 13.8. The summed E-state index contributed by atoms with van der Waals surface area (Å²) in [4.78, 5) is 16.2. The molecule has 1 fully saturated rings. The largest absolute Gasteiger partial charge is 0.473 e. The summed E-state index contributed by atoms with van der Waals surface area (Å²) >= 11 is 0. The molecule has 1 aromatic rings. The Balaban J connectivity index is 2.03. The van der Waals surface area contributed by atoms with E-state index in [4.69, 9.17) is 9.47 Å². The van der Waals surface area contributed by atoms with Gasteiger partial charge in [-0.1, -0.05) is 0 Å². The summed E-state index contributed by atoms with van der Waals surface area (Å²) in [6.07, 6.45) is 1.64. The average Bonchev–Trinajstić information content (AvgIpc) is 2.41. The molecule has 1 aromatic heterocycles. The number of nitrogens with zero attached hydrogens (tertiary/aromatic N) is 1. The zero-order valence-electron chi connectivity index (χ0n) is 11.2. The quantitative estimate of drug-likeness (QED) is 0.842. The van der Waals surface area contributed by atoms with Crippen molar-refractivity contribution in [2.75, 3.05) is 25.1 Å². The zero-order chi connectivity index (χ0) is 13.7. The molecule has 0 aliphatic carbocycles. The molecule has 0 saturated carbocycles. The van der Waals surface area contributed by atoms with Crippen molar-refractivity contribution in [1.82, 2.24) is 10.3 Å². The molecule has 0 spiro atoms. The van der Waals surface area contributed by atoms with Crippen molar-refractivity contribution in [3.8, 4) is 5.88 Å². The standard InChI is InChI=1S/C13H19N3O3/c1-9(2)19-13-10(4-3-5-15-13)16-12(17)11-8-18-7-6-14-11/h3-5,9,11,14H,6-8H2,1-2H3,(H,16,17). The van der Waals surface area contributed by atoms with Gasteiger partial charge in [0.2, 0.25) is 11.8 Å². The molecule has 1 atom stereocenters. The summed E-state index contributed by atoms with van der Waals surface area (Å²) in [5, 5.41) is 5.92. The topological polar surface area (TPSA) is 72.5 Å². The molecular formula is C13H19N3O3. The second-order valence-corrected chi connectivity index (χ2v) is 4.59. The van der Waals surface area contributed by atoms with E-state index in [1.165, 1.54) is 0 Å². The van der Waals surface area contributed by atoms with Crippen LogP contribution in [-0.2, 0) is 9.53 Å². The first-order valence-electron chi connectivity index (χ1n) is 6.40. The zero-order valence-corrected chi connectivity index (χ0v) is 11.2. The van der Waals surface area contributed by atoms with Gasteiger partial charge >= 0.3 is 0 Å². The van der Waals surface area contributed by atoms with Gasteiger partial charge < -0.3 is 20.1 Å². The van der Waals surface area contributed by atoms with Gasteiger partial charge in [0.05, 0.1) is 19.3 Å². The van der Waals surface area contributed by atoms with Crippen molar-refractivity contribution in [2.24, 2.45) is 0 Å². The summed E-state index contributed by atoms with van der Waals surface area (Å²) in [6.45, 7) is 5.53. The average molecular weight is 265 g/mol. The monoisotopic (exact) mass is 265 g/mol. The number of nitrogens with one attached hydrogen (secondary N) is 2. The van der Waals surface area contributed by atoms with Crippen LogP contribution in [0.25, 0.3) is 0 Å². The van der Waals surface area contributed by atoms with Gasteiger partial charge in [-0.3, -0.25) is 4.79 Å². The van der Waals surface area contributed by atoms with Crippen LogP contribution in [0, 0.1) is 0 Å². The highest BCUT2D eigenvalue weighted by molar-refractivity contribution is 5.95. The van der Waals surface area contributed by atoms with Gasteiger partial charge in [0.25, 0.3) is 0 Å². The van der Waals surface area contributed by atoms with Crippen LogP contribution in [0.3, 0.4) is 0 Å². The summed E-state index contributed by atoms with van der Waals surface area (Å²) in [5.74, 6) is 0.295. The van der Waals surface area contributed by atoms with Crippen LogP contribution < -0.4 is 15.4 Å². The normalized spacial score (nSPS) is 19.2. The highest BCUT2D eigenvalue weighted by Gasteiger charge is 2.22. The van der Waals surface area contributed by atoms with E-state index < -0.39 is 0 Å². The SMILES string of the molecule is CC(C)Oc1ncccc1NC(=O)C1COCCN1. The van der Waals surface area contributed by atoms with Crippen molar-refractivity contribution in [3.05, 3.63) is 18.3 Å². The Hall–Kier alpha value is -1.66. The van der Waals surface area contributed by atoms with Crippen LogP contribution >= 0.6 is 0 Å². The number of morpholine rings is 1. The van der Waals surface area contributed by atoms with Gasteiger partial charge in [0, 0.05) is 12.7 Å². The number of aromatic nitrogens is 1. The molecule has 0 radical (unpaired) electrons. The number of rotatable bonds is 4. The van der Waals surface area contributed by atoms with Crippen molar-refractivity contribution < 1.29 is 14.3 Å². The van der Waals surface area contributed by atoms with Gasteiger partial charge in [-0.15, -0.1) is 0 Å². The van der Waals surface area contributed by atoms with Gasteiger partial charge in [-0.05, 0) is 26.0 Å². The fraction of sp³-hybridized carbons (Fsp3) is 0.538. The number of pyridine rings is 1. The van der Waals surface area contributed by atoms with Crippen LogP contribution in [0.4, 0.5) is 5.69 Å². The predicted molar refractivity (Wildman–Crippen MR) is 71.2 cm³/mol. The van der Waals surface area contributed by atoms with Crippen molar-refractivity contribution in [2.45, 2.75) is 26.0 Å². The van der Waals surface area contributed by atoms with Gasteiger partial charge in [-0.25, -0.2) is 4.98 Å². The Labute approximate surface area is 112 Å². The fourth-order valence-electron chi connectivity index (χ4n) is 1.76. The Morgan fingerprint density at radius 2 is 2.47 bits per heavy atom. The Bertz CT molecular complexity index is 431. The van der Waals surface area contributed by atoms with Crippen LogP contribution in [-0.4, -0.2) is 42.8 Å². The smallest absolute Gasteiger partial charge is 0.244 e. The van der Waals surface area contributed by atoms with E-state index in [-0.39, 0.29) is 18.1 Å². The van der Waals surface area contributed by atoms with Crippen molar-refractivity contribution >= 4 is 11.6 Å². The third-order valence-corrected chi connectivity index (χ3v) is 2.61. The number of carbonyl (C=O) groups excluding carboxylic acids is 1. The Kier molecular flexibility index (Phi) is 4.70. The van der Waals surface area contributed by atoms with Gasteiger partial charge in [0.15, 0.2) is 0 Å². The molecule has 6 heteroatoms. The van der Waals surface area contributed by atoms with E-state index in [0.717, 1.165) is 0 Å². The first-order valence-corrected chi connectivity index (χ1v) is 6.40. The number of hydrogen-bond acceptors (Lipinski definition) is 5. The van der Waals surface area contributed by atoms with E-state index in [1.807, 2.05) is 13.8 Å². The first-order chi connectivity index (χ1) is 9.16. The van der Waals surface area contributed by atoms with Gasteiger partial charge in [-0.2, -0.15) is 0 Å². The number of hydrogen-bond donors (Lipinski definition) is 2. The molecular weight excluding hydrogens is 246 g/mol. The molecule has 1 aliphatic heterocycles. The summed E-state index contributed by atoms with van der Waals surface area (Å²) in [6, 6.07) is 3.20. The predicted octanol–water partition coefficient (Wildman–Crippen LogP) is 0.796. The van der Waals surface area contributed by atoms with E-state index in [9.17, 15) is 4.79 Å². The second kappa shape index (κ2) is 6.49. The Morgan fingerprint density at radius 3 is 3.16 bits per heavy atom. The highest BCUT2D eigenvalue weighted by atomic mass is 16.5. The van der Waals surface area contributed by atoms with E-state index in [2.05, 4.69) is 15.6 Å². The number of amides is 1. The third kappa shape index (κ3) is 3.90. The molecule has 0 aromatic carbocycles. The molecule has 104 valence electrons. The maximum Gasteiger partial charge on any atom is 0.244 e. The number of carbonyl (C=O) groups is 1. The molecule has 2 heterocycles. The fourth-order valence-corrected chi connectivity index (χ4v) is 1.76. The van der Waals surface area contributed by atoms with Crippen LogP contribution in [0.1, 0.15) is 13.8 Å². The minimum atomic E-state index is -0.333. The lowest BCUT2D eigenvalue weighted by Crippen LogP contribution is -2.48. The number of anilines is 1. The molecule has 6 nitrogen and oxygen atoms in total. The Morgan fingerprint density at radius 1 is 1.63 bits per heavy atom. The lowest BCUT2D eigenvalue weighted by Gasteiger charge is -2.23. The molecule has 2 N–H and O–H groups in total. The second-order valence-electron chi connectivity index (χ2n) is 4.59. The molecule has 1 amide bonds. The maximum absolute atomic E-state index is 12.1. The molecule has 1 saturated heterocycles. The summed E-state index contributed by atoms with van der Waals surface area (Å²) in [7, 11) is 0. The molecule has 0 bridgehead atoms. The molecule has 2 rings (SSSR count). The lowest BCUT2D eigenvalue weighted by atomic mass is 10.2.